The van der Waals surface area contributed by atoms with Crippen LogP contribution in [-0.4, -0.2) is 44.1 Å². The van der Waals surface area contributed by atoms with Gasteiger partial charge in [0.05, 0.1) is 23.8 Å². The topological polar surface area (TPSA) is 91.2 Å². The van der Waals surface area contributed by atoms with Crippen LogP contribution in [0.15, 0.2) is 36.7 Å². The third-order valence-corrected chi connectivity index (χ3v) is 4.48. The van der Waals surface area contributed by atoms with Crippen LogP contribution in [0.1, 0.15) is 36.6 Å². The zero-order valence-corrected chi connectivity index (χ0v) is 13.7. The van der Waals surface area contributed by atoms with Crippen molar-refractivity contribution in [2.45, 2.75) is 25.2 Å². The second-order valence-corrected chi connectivity index (χ2v) is 6.34. The predicted molar refractivity (Wildman–Crippen MR) is 93.7 cm³/mol. The van der Waals surface area contributed by atoms with E-state index in [-0.39, 0.29) is 0 Å². The van der Waals surface area contributed by atoms with E-state index in [1.54, 1.807) is 6.20 Å². The Bertz CT molecular complexity index is 814. The van der Waals surface area contributed by atoms with Crippen molar-refractivity contribution in [3.8, 4) is 0 Å². The number of hydrogen-bond donors (Lipinski definition) is 2. The highest BCUT2D eigenvalue weighted by Crippen LogP contribution is 2.38. The summed E-state index contributed by atoms with van der Waals surface area (Å²) >= 11 is 0. The van der Waals surface area contributed by atoms with Crippen LogP contribution >= 0.6 is 0 Å². The molecule has 7 nitrogen and oxygen atoms in total. The van der Waals surface area contributed by atoms with Gasteiger partial charge in [0.2, 0.25) is 0 Å². The first-order valence-electron chi connectivity index (χ1n) is 8.42. The van der Waals surface area contributed by atoms with Gasteiger partial charge < -0.3 is 15.3 Å². The molecule has 2 N–H and O–H groups in total. The van der Waals surface area contributed by atoms with Crippen molar-refractivity contribution in [2.24, 2.45) is 0 Å². The molecule has 1 fully saturated rings. The Labute approximate surface area is 145 Å². The van der Waals surface area contributed by atoms with Crippen LogP contribution < -0.4 is 5.32 Å². The van der Waals surface area contributed by atoms with Crippen LogP contribution in [0.5, 0.6) is 0 Å². The minimum atomic E-state index is -0.883. The van der Waals surface area contributed by atoms with Crippen molar-refractivity contribution >= 4 is 23.3 Å². The number of rotatable bonds is 4. The van der Waals surface area contributed by atoms with Crippen LogP contribution in [0.25, 0.3) is 5.57 Å². The molecule has 128 valence electrons. The van der Waals surface area contributed by atoms with Crippen LogP contribution in [-0.2, 0) is 0 Å². The van der Waals surface area contributed by atoms with Crippen molar-refractivity contribution < 1.29 is 9.90 Å². The lowest BCUT2D eigenvalue weighted by molar-refractivity contribution is 0.150. The molecule has 1 saturated carbocycles. The normalized spacial score (nSPS) is 17.1. The number of anilines is 2. The maximum Gasteiger partial charge on any atom is 0.407 e. The van der Waals surface area contributed by atoms with Crippen molar-refractivity contribution in [1.29, 1.82) is 0 Å². The molecule has 0 radical (unpaired) electrons. The summed E-state index contributed by atoms with van der Waals surface area (Å²) in [5.74, 6) is 1.96. The number of aromatic nitrogens is 3. The molecule has 0 unspecified atom stereocenters. The number of hydrogen-bond acceptors (Lipinski definition) is 5. The van der Waals surface area contributed by atoms with Gasteiger partial charge in [-0.3, -0.25) is 4.98 Å². The van der Waals surface area contributed by atoms with E-state index in [1.807, 2.05) is 30.5 Å². The molecule has 7 heteroatoms. The van der Waals surface area contributed by atoms with Gasteiger partial charge in [0.1, 0.15) is 11.6 Å². The Balaban J connectivity index is 1.47. The number of carboxylic acid groups (broad SMARTS) is 1. The molecule has 0 aromatic carbocycles. The molecule has 3 heterocycles. The minimum Gasteiger partial charge on any atom is -0.465 e. The van der Waals surface area contributed by atoms with E-state index < -0.39 is 6.09 Å². The van der Waals surface area contributed by atoms with Gasteiger partial charge in [0, 0.05) is 19.0 Å². The van der Waals surface area contributed by atoms with E-state index in [0.29, 0.717) is 37.1 Å². The van der Waals surface area contributed by atoms with E-state index in [9.17, 15) is 4.79 Å². The average Bonchev–Trinajstić information content (AvgIpc) is 3.48. The molecule has 1 amide bonds. The number of nitrogens with zero attached hydrogens (tertiary/aromatic N) is 4. The molecular weight excluding hydrogens is 318 g/mol. The number of carbonyl (C=O) groups is 1. The summed E-state index contributed by atoms with van der Waals surface area (Å²) in [6.07, 6.45) is 7.69. The smallest absolute Gasteiger partial charge is 0.407 e. The summed E-state index contributed by atoms with van der Waals surface area (Å²) in [6.45, 7) is 0.896. The fourth-order valence-electron chi connectivity index (χ4n) is 2.88. The molecule has 1 aliphatic carbocycles. The van der Waals surface area contributed by atoms with Crippen LogP contribution in [0.4, 0.5) is 16.4 Å². The van der Waals surface area contributed by atoms with E-state index in [1.165, 1.54) is 17.7 Å². The van der Waals surface area contributed by atoms with Gasteiger partial charge in [-0.15, -0.1) is 0 Å². The Morgan fingerprint density at radius 1 is 1.20 bits per heavy atom. The average molecular weight is 337 g/mol. The lowest BCUT2D eigenvalue weighted by Crippen LogP contribution is -2.33. The van der Waals surface area contributed by atoms with E-state index in [4.69, 9.17) is 5.11 Å². The zero-order valence-electron chi connectivity index (χ0n) is 13.7. The van der Waals surface area contributed by atoms with E-state index >= 15 is 0 Å². The lowest BCUT2D eigenvalue weighted by Gasteiger charge is -2.23. The summed E-state index contributed by atoms with van der Waals surface area (Å²) in [6, 6.07) is 5.75. The molecule has 25 heavy (non-hydrogen) atoms. The Kier molecular flexibility index (Phi) is 4.05. The predicted octanol–water partition coefficient (Wildman–Crippen LogP) is 3.26. The SMILES string of the molecule is O=C(O)N1CC=C(c2cccc(Nc3cnc(C4CC4)cn3)n2)CC1. The van der Waals surface area contributed by atoms with Gasteiger partial charge >= 0.3 is 6.09 Å². The van der Waals surface area contributed by atoms with Crippen LogP contribution in [0.2, 0.25) is 0 Å². The molecule has 0 saturated heterocycles. The van der Waals surface area contributed by atoms with E-state index in [2.05, 4.69) is 20.3 Å². The van der Waals surface area contributed by atoms with Gasteiger partial charge in [-0.2, -0.15) is 0 Å². The molecule has 2 aromatic rings. The van der Waals surface area contributed by atoms with Crippen molar-refractivity contribution in [3.05, 3.63) is 48.1 Å². The highest BCUT2D eigenvalue weighted by Gasteiger charge is 2.25. The summed E-state index contributed by atoms with van der Waals surface area (Å²) in [5, 5.41) is 12.2. The van der Waals surface area contributed by atoms with E-state index in [0.717, 1.165) is 17.0 Å². The minimum absolute atomic E-state index is 0.401. The lowest BCUT2D eigenvalue weighted by atomic mass is 10.0. The largest absolute Gasteiger partial charge is 0.465 e. The molecule has 1 aliphatic heterocycles. The van der Waals surface area contributed by atoms with Gasteiger partial charge in [0.15, 0.2) is 0 Å². The van der Waals surface area contributed by atoms with Crippen molar-refractivity contribution in [3.63, 3.8) is 0 Å². The fraction of sp³-hybridized carbons (Fsp3) is 0.333. The highest BCUT2D eigenvalue weighted by molar-refractivity contribution is 5.70. The Morgan fingerprint density at radius 3 is 2.72 bits per heavy atom. The number of nitrogens with one attached hydrogen (secondary N) is 1. The van der Waals surface area contributed by atoms with Crippen molar-refractivity contribution in [2.75, 3.05) is 18.4 Å². The molecule has 2 aliphatic rings. The van der Waals surface area contributed by atoms with Gasteiger partial charge in [-0.05, 0) is 37.0 Å². The first-order valence-corrected chi connectivity index (χ1v) is 8.42. The summed E-state index contributed by atoms with van der Waals surface area (Å²) in [7, 11) is 0. The summed E-state index contributed by atoms with van der Waals surface area (Å²) in [4.78, 5) is 25.8. The molecular formula is C18H19N5O2. The molecule has 0 atom stereocenters. The molecule has 0 spiro atoms. The molecule has 0 bridgehead atoms. The second kappa shape index (κ2) is 6.51. The fourth-order valence-corrected chi connectivity index (χ4v) is 2.88. The third kappa shape index (κ3) is 3.60. The Morgan fingerprint density at radius 2 is 2.08 bits per heavy atom. The maximum absolute atomic E-state index is 11.0. The number of amides is 1. The first kappa shape index (κ1) is 15.6. The second-order valence-electron chi connectivity index (χ2n) is 6.34. The van der Waals surface area contributed by atoms with Gasteiger partial charge in [-0.25, -0.2) is 14.8 Å². The zero-order chi connectivity index (χ0) is 17.2. The van der Waals surface area contributed by atoms with Crippen LogP contribution in [0, 0.1) is 0 Å². The van der Waals surface area contributed by atoms with Crippen LogP contribution in [0.3, 0.4) is 0 Å². The maximum atomic E-state index is 11.0. The Hall–Kier alpha value is -2.96. The summed E-state index contributed by atoms with van der Waals surface area (Å²) in [5.41, 5.74) is 2.98. The first-order chi connectivity index (χ1) is 12.2. The standard InChI is InChI=1S/C18H19N5O2/c24-18(25)23-8-6-13(7-9-23)14-2-1-3-16(21-14)22-17-11-19-15(10-20-17)12-4-5-12/h1-3,6,10-12H,4-5,7-9H2,(H,24,25)(H,20,21,22). The van der Waals surface area contributed by atoms with Crippen molar-refractivity contribution in [1.82, 2.24) is 19.9 Å². The highest BCUT2D eigenvalue weighted by atomic mass is 16.4. The molecule has 2 aromatic heterocycles. The van der Waals surface area contributed by atoms with Gasteiger partial charge in [0.25, 0.3) is 0 Å². The quantitative estimate of drug-likeness (QED) is 0.890. The monoisotopic (exact) mass is 337 g/mol. The third-order valence-electron chi connectivity index (χ3n) is 4.48. The van der Waals surface area contributed by atoms with Gasteiger partial charge in [-0.1, -0.05) is 12.1 Å². The number of pyridine rings is 1. The molecule has 4 rings (SSSR count). The summed E-state index contributed by atoms with van der Waals surface area (Å²) < 4.78 is 0.